The number of halogens is 4. The average molecular weight is 486 g/mol. The molecule has 5 heteroatoms. The number of alkyl halides is 2. The fraction of sp³-hybridized carbons (Fsp3) is 0.714. The van der Waals surface area contributed by atoms with E-state index < -0.39 is 29.2 Å². The van der Waals surface area contributed by atoms with Gasteiger partial charge < -0.3 is 4.74 Å². The topological polar surface area (TPSA) is 9.23 Å². The Morgan fingerprint density at radius 2 is 1.67 bits per heavy atom. The Bertz CT molecular complexity index is 940. The third-order valence-electron chi connectivity index (χ3n) is 8.06. The summed E-state index contributed by atoms with van der Waals surface area (Å²) in [5, 5.41) is -2.71. The summed E-state index contributed by atoms with van der Waals surface area (Å²) in [5.74, 6) is 0.269. The molecule has 1 nitrogen and oxygen atoms in total. The summed E-state index contributed by atoms with van der Waals surface area (Å²) >= 11 is 6.17. The van der Waals surface area contributed by atoms with Crippen LogP contribution in [0, 0.1) is 35.3 Å². The molecule has 3 aliphatic rings. The molecule has 0 aliphatic heterocycles. The van der Waals surface area contributed by atoms with Crippen molar-refractivity contribution >= 4 is 11.6 Å². The Morgan fingerprint density at radius 1 is 1.00 bits per heavy atom. The van der Waals surface area contributed by atoms with E-state index in [4.69, 9.17) is 20.5 Å². The van der Waals surface area contributed by atoms with Crippen molar-refractivity contribution in [3.05, 3.63) is 47.0 Å². The normalized spacial score (nSPS) is 43.3. The second-order valence-electron chi connectivity index (χ2n) is 10.2. The molecule has 3 aliphatic carbocycles. The van der Waals surface area contributed by atoms with Gasteiger partial charge in [-0.2, -0.15) is 0 Å². The highest BCUT2D eigenvalue weighted by molar-refractivity contribution is 6.21. The molecule has 2 saturated carbocycles. The standard InChI is InChI=1S/C28H38ClF3O/c1-2-3-18-4-7-20(8-5-18)21-9-11-22(12-10-21)23-15-26(32)28(29)27(16-23)33-17-19-6-13-24(30)25(31)14-19/h6,13-14,16,18,20-22,26-28H,2-5,7-12,15,17H2,1H3/i26D,27D,28D. The highest BCUT2D eigenvalue weighted by Crippen LogP contribution is 2.45. The van der Waals surface area contributed by atoms with Gasteiger partial charge in [-0.3, -0.25) is 0 Å². The predicted octanol–water partition coefficient (Wildman–Crippen LogP) is 8.54. The lowest BCUT2D eigenvalue weighted by molar-refractivity contribution is 0.0444. The fourth-order valence-electron chi connectivity index (χ4n) is 6.15. The van der Waals surface area contributed by atoms with E-state index in [2.05, 4.69) is 6.92 Å². The lowest BCUT2D eigenvalue weighted by Gasteiger charge is -2.40. The molecule has 4 rings (SSSR count). The van der Waals surface area contributed by atoms with Crippen LogP contribution in [-0.2, 0) is 11.3 Å². The van der Waals surface area contributed by atoms with Gasteiger partial charge in [0.1, 0.15) is 6.15 Å². The van der Waals surface area contributed by atoms with Crippen LogP contribution >= 0.6 is 11.6 Å². The van der Waals surface area contributed by atoms with Crippen LogP contribution in [0.15, 0.2) is 29.8 Å². The number of hydrogen-bond donors (Lipinski definition) is 0. The predicted molar refractivity (Wildman–Crippen MR) is 128 cm³/mol. The quantitative estimate of drug-likeness (QED) is 0.277. The van der Waals surface area contributed by atoms with Gasteiger partial charge in [0.2, 0.25) is 0 Å². The van der Waals surface area contributed by atoms with Gasteiger partial charge in [0.15, 0.2) is 11.6 Å². The first-order chi connectivity index (χ1) is 17.0. The number of ether oxygens (including phenoxy) is 1. The van der Waals surface area contributed by atoms with Crippen LogP contribution in [0.5, 0.6) is 0 Å². The van der Waals surface area contributed by atoms with Crippen LogP contribution in [0.1, 0.15) is 87.2 Å². The monoisotopic (exact) mass is 485 g/mol. The van der Waals surface area contributed by atoms with Crippen LogP contribution in [0.2, 0.25) is 0 Å². The minimum atomic E-state index is -2.93. The van der Waals surface area contributed by atoms with Gasteiger partial charge in [-0.15, -0.1) is 11.6 Å². The maximum atomic E-state index is 15.5. The molecule has 3 atom stereocenters. The molecule has 0 aromatic heterocycles. The van der Waals surface area contributed by atoms with Crippen molar-refractivity contribution in [3.8, 4) is 0 Å². The zero-order chi connectivity index (χ0) is 26.1. The summed E-state index contributed by atoms with van der Waals surface area (Å²) in [7, 11) is 0. The Hall–Kier alpha value is -1.00. The molecule has 0 heterocycles. The zero-order valence-corrected chi connectivity index (χ0v) is 20.3. The van der Waals surface area contributed by atoms with Gasteiger partial charge in [0.05, 0.1) is 22.2 Å². The number of rotatable bonds is 7. The Labute approximate surface area is 206 Å². The van der Waals surface area contributed by atoms with E-state index in [1.165, 1.54) is 50.7 Å². The largest absolute Gasteiger partial charge is 0.368 e. The Balaban J connectivity index is 1.43. The number of benzene rings is 1. The van der Waals surface area contributed by atoms with Crippen molar-refractivity contribution in [2.24, 2.45) is 23.7 Å². The van der Waals surface area contributed by atoms with E-state index in [-0.39, 0.29) is 24.5 Å². The maximum Gasteiger partial charge on any atom is 0.159 e. The summed E-state index contributed by atoms with van der Waals surface area (Å²) in [4.78, 5) is 0. The molecule has 2 fully saturated rings. The summed E-state index contributed by atoms with van der Waals surface area (Å²) in [6.45, 7) is 1.89. The number of hydrogen-bond acceptors (Lipinski definition) is 1. The highest BCUT2D eigenvalue weighted by atomic mass is 35.5. The van der Waals surface area contributed by atoms with Crippen LogP contribution < -0.4 is 0 Å². The molecule has 0 N–H and O–H groups in total. The van der Waals surface area contributed by atoms with Crippen molar-refractivity contribution in [2.75, 3.05) is 0 Å². The van der Waals surface area contributed by atoms with Gasteiger partial charge in [-0.1, -0.05) is 50.3 Å². The molecule has 0 amide bonds. The highest BCUT2D eigenvalue weighted by Gasteiger charge is 2.37. The second kappa shape index (κ2) is 11.6. The maximum absolute atomic E-state index is 15.5. The fourth-order valence-corrected chi connectivity index (χ4v) is 6.32. The minimum absolute atomic E-state index is 0.0301. The lowest BCUT2D eigenvalue weighted by Crippen LogP contribution is -2.37. The van der Waals surface area contributed by atoms with E-state index >= 15 is 4.39 Å². The van der Waals surface area contributed by atoms with E-state index in [1.807, 2.05) is 0 Å². The SMILES string of the molecule is [2H]C1(F)CC(C2CCC(C3CCC(CCC)CC3)CC2)=CC([2H])(OCc2ccc(F)c(F)c2)C1([2H])Cl. The second-order valence-corrected chi connectivity index (χ2v) is 10.6. The van der Waals surface area contributed by atoms with Crippen molar-refractivity contribution in [2.45, 2.75) is 102 Å². The molecule has 3 unspecified atom stereocenters. The minimum Gasteiger partial charge on any atom is -0.368 e. The van der Waals surface area contributed by atoms with Gasteiger partial charge in [0, 0.05) is 6.42 Å². The third kappa shape index (κ3) is 6.36. The van der Waals surface area contributed by atoms with Crippen LogP contribution in [0.3, 0.4) is 0 Å². The van der Waals surface area contributed by atoms with Crippen LogP contribution in [-0.4, -0.2) is 17.6 Å². The molecule has 0 saturated heterocycles. The summed E-state index contributed by atoms with van der Waals surface area (Å²) in [5.41, 5.74) is 0.846. The van der Waals surface area contributed by atoms with Crippen LogP contribution in [0.4, 0.5) is 13.2 Å². The third-order valence-corrected chi connectivity index (χ3v) is 8.45. The van der Waals surface area contributed by atoms with E-state index in [9.17, 15) is 8.78 Å². The molecule has 1 aromatic carbocycles. The first-order valence-corrected chi connectivity index (χ1v) is 13.0. The molecule has 0 spiro atoms. The summed E-state index contributed by atoms with van der Waals surface area (Å²) < 4.78 is 73.2. The molecular weight excluding hydrogens is 445 g/mol. The molecule has 184 valence electrons. The molecular formula is C28H38ClF3O. The Morgan fingerprint density at radius 3 is 2.30 bits per heavy atom. The van der Waals surface area contributed by atoms with E-state index in [0.717, 1.165) is 49.7 Å². The average Bonchev–Trinajstić information content (AvgIpc) is 2.84. The van der Waals surface area contributed by atoms with Gasteiger partial charge in [-0.05, 0) is 79.9 Å². The molecule has 33 heavy (non-hydrogen) atoms. The van der Waals surface area contributed by atoms with Gasteiger partial charge in [0.25, 0.3) is 0 Å². The first kappa shape index (κ1) is 21.3. The van der Waals surface area contributed by atoms with Crippen molar-refractivity contribution in [1.82, 2.24) is 0 Å². The molecule has 1 aromatic rings. The van der Waals surface area contributed by atoms with Crippen molar-refractivity contribution in [1.29, 1.82) is 0 Å². The van der Waals surface area contributed by atoms with Gasteiger partial charge in [-0.25, -0.2) is 13.2 Å². The lowest BCUT2D eigenvalue weighted by atomic mass is 9.67. The van der Waals surface area contributed by atoms with E-state index in [0.29, 0.717) is 11.5 Å². The smallest absolute Gasteiger partial charge is 0.159 e. The number of allylic oxidation sites excluding steroid dienone is 1. The molecule has 0 radical (unpaired) electrons. The Kier molecular flexibility index (Phi) is 7.50. The summed E-state index contributed by atoms with van der Waals surface area (Å²) in [6.07, 6.45) is 7.48. The van der Waals surface area contributed by atoms with Crippen molar-refractivity contribution in [3.63, 3.8) is 0 Å². The van der Waals surface area contributed by atoms with Crippen molar-refractivity contribution < 1.29 is 22.0 Å². The molecule has 0 bridgehead atoms. The van der Waals surface area contributed by atoms with Gasteiger partial charge >= 0.3 is 0 Å². The van der Waals surface area contributed by atoms with E-state index in [1.54, 1.807) is 0 Å². The zero-order valence-electron chi connectivity index (χ0n) is 22.5. The summed E-state index contributed by atoms with van der Waals surface area (Å²) in [6, 6.07) is 3.18. The van der Waals surface area contributed by atoms with Crippen LogP contribution in [0.25, 0.3) is 0 Å². The first-order valence-electron chi connectivity index (χ1n) is 14.1.